The zero-order valence-electron chi connectivity index (χ0n) is 70.1. The van der Waals surface area contributed by atoms with E-state index in [1.165, 1.54) is 63.2 Å². The molecule has 33 heteroatoms. The van der Waals surface area contributed by atoms with E-state index in [0.29, 0.717) is 75.4 Å². The Labute approximate surface area is 708 Å². The number of piperidine rings is 2. The molecule has 0 unspecified atom stereocenters. The van der Waals surface area contributed by atoms with Gasteiger partial charge in [-0.15, -0.1) is 11.3 Å². The van der Waals surface area contributed by atoms with Gasteiger partial charge in [-0.3, -0.25) is 9.80 Å². The number of nitrogens with zero attached hydrogens (tertiary/aromatic N) is 14. The molecule has 7 N–H and O–H groups in total. The summed E-state index contributed by atoms with van der Waals surface area (Å²) in [5.41, 5.74) is 8.72. The number of para-hydroxylation sites is 2. The molecule has 10 aromatic rings. The maximum absolute atomic E-state index is 12.9. The van der Waals surface area contributed by atoms with Gasteiger partial charge in [0.05, 0.1) is 76.3 Å². The van der Waals surface area contributed by atoms with Crippen LogP contribution >= 0.6 is 56.0 Å². The lowest BCUT2D eigenvalue weighted by molar-refractivity contribution is 0.0982. The Hall–Kier alpha value is -8.75. The minimum atomic E-state index is -2.51. The van der Waals surface area contributed by atoms with Gasteiger partial charge in [-0.25, -0.2) is 9.97 Å². The van der Waals surface area contributed by atoms with Gasteiger partial charge in [0.25, 0.3) is 0 Å². The number of aromatic amines is 1. The number of hydrogen-bond acceptors (Lipinski definition) is 27. The lowest BCUT2D eigenvalue weighted by Gasteiger charge is -2.42. The number of piperazine rings is 3. The van der Waals surface area contributed by atoms with Crippen LogP contribution in [-0.2, 0) is 13.7 Å². The zero-order chi connectivity index (χ0) is 83.4. The number of H-pyrrole nitrogens is 1. The third kappa shape index (κ3) is 22.6. The molecule has 5 aliphatic rings. The fourth-order valence-corrected chi connectivity index (χ4v) is 20.5. The van der Waals surface area contributed by atoms with Gasteiger partial charge in [0, 0.05) is 169 Å². The molecule has 0 atom stereocenters. The van der Waals surface area contributed by atoms with Crippen LogP contribution in [-0.4, -0.2) is 257 Å². The Balaban J connectivity index is 0.000000154. The van der Waals surface area contributed by atoms with Gasteiger partial charge in [0.15, 0.2) is 11.6 Å². The molecule has 0 amide bonds. The number of hydrogen-bond donors (Lipinski definition) is 7. The normalized spacial score (nSPS) is 16.7. The van der Waals surface area contributed by atoms with Crippen LogP contribution < -0.4 is 76.0 Å². The largest absolute Gasteiger partial charge is 0.494 e. The van der Waals surface area contributed by atoms with Crippen molar-refractivity contribution in [1.29, 1.82) is 0 Å². The van der Waals surface area contributed by atoms with Crippen molar-refractivity contribution in [2.24, 2.45) is 0 Å². The quantitative estimate of drug-likeness (QED) is 0.0262. The van der Waals surface area contributed by atoms with E-state index in [4.69, 9.17) is 47.4 Å². The van der Waals surface area contributed by atoms with Crippen LogP contribution in [0.2, 0.25) is 10.0 Å². The van der Waals surface area contributed by atoms with Crippen molar-refractivity contribution < 1.29 is 27.9 Å². The van der Waals surface area contributed by atoms with E-state index in [1.54, 1.807) is 59.5 Å². The van der Waals surface area contributed by atoms with Crippen LogP contribution in [0.15, 0.2) is 139 Å². The number of rotatable bonds is 25. The summed E-state index contributed by atoms with van der Waals surface area (Å²) in [6.45, 7) is 34.6. The SMILES string of the molecule is CC(C)Oc1cc(N2CCN(C)CC2)ccc1Nc1nc(Nc2ccccc2P(C)(C)=O)c2cc[nH]c2n1.CCOc1cc(N2CCC(N3CCN(C)CC3)CC2)ccc1Nc1ncc(Cl)c(Nc2ccccc2P(C)(C)=O)n1.COc1cc(N2CCC(N3CCN(C)CC3)CC2)ccc1Nc1ncc(Cl)c(Nc2ccsc2P(C)(C)=O)n1. The predicted octanol–water partition coefficient (Wildman–Crippen LogP) is 15.9. The molecule has 0 saturated carbocycles. The lowest BCUT2D eigenvalue weighted by atomic mass is 10.0. The first-order valence-corrected chi connectivity index (χ1v) is 50.0. The van der Waals surface area contributed by atoms with E-state index in [9.17, 15) is 13.7 Å². The van der Waals surface area contributed by atoms with E-state index in [2.05, 4.69) is 154 Å². The molecule has 118 heavy (non-hydrogen) atoms. The Morgan fingerprint density at radius 3 is 1.37 bits per heavy atom. The summed E-state index contributed by atoms with van der Waals surface area (Å²) in [7, 11) is 0.802. The van der Waals surface area contributed by atoms with Gasteiger partial charge in [-0.1, -0.05) is 47.5 Å². The number of methoxy groups -OCH3 is 1. The summed E-state index contributed by atoms with van der Waals surface area (Å²) < 4.78 is 57.2. The average Bonchev–Trinajstić information content (AvgIpc) is 1.56. The van der Waals surface area contributed by atoms with E-state index in [0.717, 1.165) is 162 Å². The third-order valence-corrected chi connectivity index (χ3v) is 29.1. The van der Waals surface area contributed by atoms with E-state index >= 15 is 0 Å². The summed E-state index contributed by atoms with van der Waals surface area (Å²) >= 11 is 14.3. The molecule has 0 spiro atoms. The smallest absolute Gasteiger partial charge is 0.231 e. The average molecular weight is 1720 g/mol. The van der Waals surface area contributed by atoms with Crippen LogP contribution in [0.1, 0.15) is 46.5 Å². The Morgan fingerprint density at radius 2 is 0.898 bits per heavy atom. The van der Waals surface area contributed by atoms with Crippen molar-refractivity contribution in [3.8, 4) is 17.2 Å². The number of thiophene rings is 1. The van der Waals surface area contributed by atoms with Crippen molar-refractivity contribution in [2.75, 3.05) is 226 Å². The van der Waals surface area contributed by atoms with Crippen molar-refractivity contribution in [1.82, 2.24) is 59.4 Å². The third-order valence-electron chi connectivity index (χ3n) is 21.9. The Kier molecular flexibility index (Phi) is 28.9. The topological polar surface area (TPSA) is 270 Å². The van der Waals surface area contributed by atoms with Crippen LogP contribution in [0.3, 0.4) is 0 Å². The van der Waals surface area contributed by atoms with Crippen LogP contribution in [0.25, 0.3) is 11.0 Å². The number of anilines is 15. The molecule has 0 radical (unpaired) electrons. The summed E-state index contributed by atoms with van der Waals surface area (Å²) in [5.74, 6) is 4.92. The molecule has 0 aliphatic carbocycles. The Bertz CT molecular complexity index is 5200. The Morgan fingerprint density at radius 1 is 0.475 bits per heavy atom. The molecule has 5 fully saturated rings. The van der Waals surface area contributed by atoms with Gasteiger partial charge in [0.1, 0.15) is 60.2 Å². The summed E-state index contributed by atoms with van der Waals surface area (Å²) in [5, 5.41) is 24.9. The number of fused-ring (bicyclic) bond motifs is 1. The molecule has 5 saturated heterocycles. The second-order valence-electron chi connectivity index (χ2n) is 32.1. The first kappa shape index (κ1) is 87.1. The van der Waals surface area contributed by atoms with Crippen LogP contribution in [0, 0.1) is 0 Å². The highest BCUT2D eigenvalue weighted by atomic mass is 35.5. The zero-order valence-corrected chi connectivity index (χ0v) is 75.1. The standard InChI is InChI=1S/C30H41ClN7O2P.C28H36N7O2P.C27H37ClN7O2PS/c1-5-40-27-20-23(37-14-12-22(13-15-37)38-18-16-36(2)17-19-38)10-11-25(27)34-30-32-21-24(31)29(35-30)33-26-8-6-7-9-28(26)41(3,4)39;1-19(2)37-24-18-20(35-16-14-34(3)15-17-35)10-11-22(24)31-28-32-26-21(12-13-29-26)27(33-28)30-23-8-6-7-9-25(23)38(4,5)36;1-33-12-14-35(15-13-33)19-7-10-34(11-8-19)20-5-6-22(24(17-20)37-2)31-27-29-18-21(28)25(32-27)30-23-9-16-39-26(23)38(3,4)36/h6-11,20-22H,5,12-19H2,1-4H3,(H2,32,33,34,35);6-13,18-19H,14-17H2,1-5H3,(H3,29,30,31,32,33);5-6,9,16-19H,7-8,10-15H2,1-4H3,(H2,29,30,31,32). The highest BCUT2D eigenvalue weighted by Crippen LogP contribution is 2.45. The predicted molar refractivity (Wildman–Crippen MR) is 493 cm³/mol. The van der Waals surface area contributed by atoms with Crippen molar-refractivity contribution in [2.45, 2.75) is 64.6 Å². The first-order valence-electron chi connectivity index (χ1n) is 40.6. The number of ether oxygens (including phenoxy) is 3. The van der Waals surface area contributed by atoms with E-state index in [1.807, 2.05) is 111 Å². The lowest BCUT2D eigenvalue weighted by Crippen LogP contribution is -2.52. The maximum atomic E-state index is 12.9. The van der Waals surface area contributed by atoms with Gasteiger partial charge in [0.2, 0.25) is 17.8 Å². The minimum Gasteiger partial charge on any atom is -0.494 e. The summed E-state index contributed by atoms with van der Waals surface area (Å²) in [6.07, 6.45) is 9.66. The van der Waals surface area contributed by atoms with Crippen molar-refractivity contribution in [3.63, 3.8) is 0 Å². The second-order valence-corrected chi connectivity index (χ2v) is 43.7. The molecule has 10 heterocycles. The van der Waals surface area contributed by atoms with Gasteiger partial charge in [-0.2, -0.15) is 19.9 Å². The number of likely N-dealkylation sites (N-methyl/N-ethyl adjacent to an activating group) is 3. The van der Waals surface area contributed by atoms with Gasteiger partial charge < -0.3 is 94.2 Å². The summed E-state index contributed by atoms with van der Waals surface area (Å²) in [4.78, 5) is 50.5. The number of aromatic nitrogens is 7. The molecule has 27 nitrogen and oxygen atoms in total. The van der Waals surface area contributed by atoms with Crippen LogP contribution in [0.4, 0.5) is 86.5 Å². The number of benzene rings is 5. The van der Waals surface area contributed by atoms with Gasteiger partial charge >= 0.3 is 0 Å². The molecular weight excluding hydrogens is 1610 g/mol. The fraction of sp³-hybridized carbons (Fsp3) is 0.435. The molecule has 15 rings (SSSR count). The van der Waals surface area contributed by atoms with E-state index < -0.39 is 21.4 Å². The number of halogens is 2. The summed E-state index contributed by atoms with van der Waals surface area (Å²) in [6, 6.07) is 39.0. The minimum absolute atomic E-state index is 0.0117. The molecule has 5 aliphatic heterocycles. The fourth-order valence-electron chi connectivity index (χ4n) is 15.4. The van der Waals surface area contributed by atoms with Crippen LogP contribution in [0.5, 0.6) is 17.2 Å². The molecule has 5 aromatic heterocycles. The first-order chi connectivity index (χ1) is 56.6. The second kappa shape index (κ2) is 39.2. The van der Waals surface area contributed by atoms with E-state index in [-0.39, 0.29) is 6.10 Å². The van der Waals surface area contributed by atoms with Crippen molar-refractivity contribution in [3.05, 3.63) is 149 Å². The molecule has 0 bridgehead atoms. The highest BCUT2D eigenvalue weighted by Gasteiger charge is 2.31. The molecule has 630 valence electrons. The van der Waals surface area contributed by atoms with Crippen molar-refractivity contribution >= 4 is 169 Å². The number of nitrogens with one attached hydrogen (secondary N) is 7. The van der Waals surface area contributed by atoms with Gasteiger partial charge in [-0.05, 0) is 186 Å². The maximum Gasteiger partial charge on any atom is 0.231 e. The highest BCUT2D eigenvalue weighted by molar-refractivity contribution is 7.76. The monoisotopic (exact) mass is 1720 g/mol. The molecular formula is C85H114Cl2N21O6P3S. The molecule has 5 aromatic carbocycles.